The van der Waals surface area contributed by atoms with Gasteiger partial charge in [0.2, 0.25) is 0 Å². The van der Waals surface area contributed by atoms with E-state index in [0.29, 0.717) is 0 Å². The molecule has 0 spiro atoms. The van der Waals surface area contributed by atoms with E-state index in [2.05, 4.69) is 5.10 Å². The van der Waals surface area contributed by atoms with Gasteiger partial charge in [-0.2, -0.15) is 5.10 Å². The highest BCUT2D eigenvalue weighted by Gasteiger charge is 2.23. The van der Waals surface area contributed by atoms with Crippen molar-refractivity contribution < 1.29 is 13.7 Å². The first kappa shape index (κ1) is 14.7. The minimum Gasteiger partial charge on any atom is -0.258 e. The molecule has 0 atom stereocenters. The zero-order valence-corrected chi connectivity index (χ0v) is 11.3. The molecule has 0 amide bonds. The number of non-ortho nitro benzene ring substituents is 1. The van der Waals surface area contributed by atoms with Crippen molar-refractivity contribution in [3.63, 3.8) is 0 Å². The number of benzene rings is 1. The lowest BCUT2D eigenvalue weighted by molar-refractivity contribution is -0.384. The SMILES string of the molecule is O=[N+]([O-])c1cccc(-n2nc(C(F)F)c(CCl)c2Cl)c1. The van der Waals surface area contributed by atoms with Gasteiger partial charge in [-0.05, 0) is 6.07 Å². The fraction of sp³-hybridized carbons (Fsp3) is 0.182. The molecule has 9 heteroatoms. The minimum absolute atomic E-state index is 0.00911. The van der Waals surface area contributed by atoms with Crippen molar-refractivity contribution in [2.75, 3.05) is 0 Å². The fourth-order valence-corrected chi connectivity index (χ4v) is 2.28. The summed E-state index contributed by atoms with van der Waals surface area (Å²) in [5.41, 5.74) is -0.506. The number of nitrogens with zero attached hydrogens (tertiary/aromatic N) is 3. The van der Waals surface area contributed by atoms with Gasteiger partial charge >= 0.3 is 0 Å². The number of nitro groups is 1. The van der Waals surface area contributed by atoms with E-state index in [1.54, 1.807) is 0 Å². The molecule has 106 valence electrons. The summed E-state index contributed by atoms with van der Waals surface area (Å²) in [6.07, 6.45) is -2.83. The predicted molar refractivity (Wildman–Crippen MR) is 69.7 cm³/mol. The number of alkyl halides is 3. The van der Waals surface area contributed by atoms with Crippen molar-refractivity contribution in [1.29, 1.82) is 0 Å². The largest absolute Gasteiger partial charge is 0.282 e. The number of hydrogen-bond donors (Lipinski definition) is 0. The van der Waals surface area contributed by atoms with E-state index in [-0.39, 0.29) is 28.0 Å². The summed E-state index contributed by atoms with van der Waals surface area (Å²) in [7, 11) is 0. The van der Waals surface area contributed by atoms with E-state index < -0.39 is 17.0 Å². The van der Waals surface area contributed by atoms with E-state index in [1.165, 1.54) is 24.3 Å². The second kappa shape index (κ2) is 5.72. The summed E-state index contributed by atoms with van der Waals surface area (Å²) in [6.45, 7) is 0. The fourth-order valence-electron chi connectivity index (χ4n) is 1.65. The number of rotatable bonds is 4. The Morgan fingerprint density at radius 1 is 1.45 bits per heavy atom. The van der Waals surface area contributed by atoms with Crippen molar-refractivity contribution >= 4 is 28.9 Å². The molecule has 0 aliphatic carbocycles. The molecule has 0 N–H and O–H groups in total. The first-order chi connectivity index (χ1) is 9.45. The highest BCUT2D eigenvalue weighted by molar-refractivity contribution is 6.31. The molecule has 0 fully saturated rings. The van der Waals surface area contributed by atoms with Crippen molar-refractivity contribution in [2.24, 2.45) is 0 Å². The molecular weight excluding hydrogens is 315 g/mol. The van der Waals surface area contributed by atoms with Gasteiger partial charge in [0.1, 0.15) is 10.8 Å². The average Bonchev–Trinajstić information content (AvgIpc) is 2.76. The third-order valence-electron chi connectivity index (χ3n) is 2.58. The van der Waals surface area contributed by atoms with Crippen LogP contribution in [0.25, 0.3) is 5.69 Å². The number of aromatic nitrogens is 2. The Hall–Kier alpha value is -1.73. The van der Waals surface area contributed by atoms with Gasteiger partial charge in [0.25, 0.3) is 12.1 Å². The van der Waals surface area contributed by atoms with Crippen molar-refractivity contribution in [3.8, 4) is 5.69 Å². The number of hydrogen-bond acceptors (Lipinski definition) is 3. The van der Waals surface area contributed by atoms with Crippen molar-refractivity contribution in [3.05, 3.63) is 50.8 Å². The minimum atomic E-state index is -2.83. The zero-order valence-electron chi connectivity index (χ0n) is 9.76. The lowest BCUT2D eigenvalue weighted by Crippen LogP contribution is -1.99. The summed E-state index contributed by atoms with van der Waals surface area (Å²) in [4.78, 5) is 10.1. The van der Waals surface area contributed by atoms with Crippen LogP contribution >= 0.6 is 23.2 Å². The van der Waals surface area contributed by atoms with E-state index >= 15 is 0 Å². The van der Waals surface area contributed by atoms with E-state index in [4.69, 9.17) is 23.2 Å². The Morgan fingerprint density at radius 2 is 2.15 bits per heavy atom. The summed E-state index contributed by atoms with van der Waals surface area (Å²) >= 11 is 11.5. The molecule has 5 nitrogen and oxygen atoms in total. The molecule has 0 saturated carbocycles. The molecule has 0 aliphatic heterocycles. The zero-order chi connectivity index (χ0) is 14.9. The third kappa shape index (κ3) is 2.59. The Balaban J connectivity index is 2.58. The van der Waals surface area contributed by atoms with Gasteiger partial charge in [-0.1, -0.05) is 17.7 Å². The molecule has 1 heterocycles. The monoisotopic (exact) mass is 321 g/mol. The Morgan fingerprint density at radius 3 is 2.65 bits per heavy atom. The highest BCUT2D eigenvalue weighted by atomic mass is 35.5. The second-order valence-corrected chi connectivity index (χ2v) is 4.40. The Labute approximate surface area is 121 Å². The van der Waals surface area contributed by atoms with Crippen LogP contribution in [0.1, 0.15) is 17.7 Å². The normalized spacial score (nSPS) is 11.1. The third-order valence-corrected chi connectivity index (χ3v) is 3.23. The molecule has 2 rings (SSSR count). The van der Waals surface area contributed by atoms with Gasteiger partial charge in [-0.3, -0.25) is 10.1 Å². The molecule has 0 unspecified atom stereocenters. The van der Waals surface area contributed by atoms with Crippen LogP contribution in [0, 0.1) is 10.1 Å². The van der Waals surface area contributed by atoms with Gasteiger partial charge < -0.3 is 0 Å². The number of halogens is 4. The first-order valence-corrected chi connectivity index (χ1v) is 6.23. The van der Waals surface area contributed by atoms with E-state index in [1.807, 2.05) is 0 Å². The Bertz CT molecular complexity index is 661. The number of nitro benzene ring substituents is 1. The first-order valence-electron chi connectivity index (χ1n) is 5.32. The van der Waals surface area contributed by atoms with Crippen LogP contribution in [0.3, 0.4) is 0 Å². The van der Waals surface area contributed by atoms with Crippen molar-refractivity contribution in [2.45, 2.75) is 12.3 Å². The second-order valence-electron chi connectivity index (χ2n) is 3.78. The van der Waals surface area contributed by atoms with Crippen molar-refractivity contribution in [1.82, 2.24) is 9.78 Å². The van der Waals surface area contributed by atoms with Crippen LogP contribution in [0.15, 0.2) is 24.3 Å². The highest BCUT2D eigenvalue weighted by Crippen LogP contribution is 2.31. The summed E-state index contributed by atoms with van der Waals surface area (Å²) in [5, 5.41) is 14.3. The lowest BCUT2D eigenvalue weighted by atomic mass is 10.2. The molecule has 1 aromatic carbocycles. The summed E-state index contributed by atoms with van der Waals surface area (Å²) in [6, 6.07) is 5.34. The van der Waals surface area contributed by atoms with Gasteiger partial charge in [0, 0.05) is 17.7 Å². The average molecular weight is 322 g/mol. The molecule has 2 aromatic rings. The van der Waals surface area contributed by atoms with Crippen LogP contribution in [0.5, 0.6) is 0 Å². The smallest absolute Gasteiger partial charge is 0.258 e. The van der Waals surface area contributed by atoms with Crippen LogP contribution in [-0.4, -0.2) is 14.7 Å². The van der Waals surface area contributed by atoms with E-state index in [0.717, 1.165) is 4.68 Å². The lowest BCUT2D eigenvalue weighted by Gasteiger charge is -2.02. The summed E-state index contributed by atoms with van der Waals surface area (Å²) in [5.74, 6) is -0.229. The van der Waals surface area contributed by atoms with Crippen LogP contribution in [-0.2, 0) is 5.88 Å². The summed E-state index contributed by atoms with van der Waals surface area (Å²) < 4.78 is 26.7. The molecule has 0 bridgehead atoms. The van der Waals surface area contributed by atoms with Crippen LogP contribution in [0.4, 0.5) is 14.5 Å². The maximum atomic E-state index is 12.8. The molecule has 0 saturated heterocycles. The van der Waals surface area contributed by atoms with Crippen LogP contribution in [0.2, 0.25) is 5.15 Å². The molecule has 20 heavy (non-hydrogen) atoms. The maximum Gasteiger partial charge on any atom is 0.282 e. The molecular formula is C11H7Cl2F2N3O2. The molecule has 1 aromatic heterocycles. The van der Waals surface area contributed by atoms with Gasteiger partial charge in [-0.15, -0.1) is 11.6 Å². The van der Waals surface area contributed by atoms with Crippen LogP contribution < -0.4 is 0 Å². The molecule has 0 aliphatic rings. The van der Waals surface area contributed by atoms with E-state index in [9.17, 15) is 18.9 Å². The standard InChI is InChI=1S/C11H7Cl2F2N3O2/c12-5-8-9(11(14)15)16-17(10(8)13)6-2-1-3-7(4-6)18(19)20/h1-4,11H,5H2. The Kier molecular flexibility index (Phi) is 4.20. The quantitative estimate of drug-likeness (QED) is 0.483. The van der Waals surface area contributed by atoms with Gasteiger partial charge in [0.05, 0.1) is 16.5 Å². The topological polar surface area (TPSA) is 61.0 Å². The van der Waals surface area contributed by atoms with Gasteiger partial charge in [-0.25, -0.2) is 13.5 Å². The van der Waals surface area contributed by atoms with Gasteiger partial charge in [0.15, 0.2) is 0 Å². The predicted octanol–water partition coefficient (Wildman–Crippen LogP) is 4.11. The molecule has 0 radical (unpaired) electrons. The maximum absolute atomic E-state index is 12.8.